The Kier molecular flexibility index (Phi) is 5.76. The van der Waals surface area contributed by atoms with Crippen LogP contribution >= 0.6 is 12.2 Å². The van der Waals surface area contributed by atoms with Gasteiger partial charge in [0.05, 0.1) is 14.2 Å². The second kappa shape index (κ2) is 7.78. The van der Waals surface area contributed by atoms with E-state index in [1.165, 1.54) is 0 Å². The molecule has 6 heteroatoms. The van der Waals surface area contributed by atoms with Gasteiger partial charge < -0.3 is 19.2 Å². The average Bonchev–Trinajstić information content (AvgIpc) is 2.99. The summed E-state index contributed by atoms with van der Waals surface area (Å²) >= 11 is 5.37. The standard InChI is InChI=1S/C17H19NO4S/c1-11-7-8-16(22-11)17(19)18-10-12(23)9-13-14(20-2)5-4-6-15(13)21-3/h4-8H,9-10H2,1-3H3,(H,18,19). The maximum absolute atomic E-state index is 11.9. The van der Waals surface area contributed by atoms with Gasteiger partial charge in [0.15, 0.2) is 5.76 Å². The maximum atomic E-state index is 11.9. The number of methoxy groups -OCH3 is 2. The summed E-state index contributed by atoms with van der Waals surface area (Å²) in [5.41, 5.74) is 0.866. The van der Waals surface area contributed by atoms with Gasteiger partial charge in [-0.3, -0.25) is 4.79 Å². The molecule has 0 radical (unpaired) electrons. The van der Waals surface area contributed by atoms with Gasteiger partial charge in [0.2, 0.25) is 0 Å². The van der Waals surface area contributed by atoms with Crippen LogP contribution in [0.25, 0.3) is 0 Å². The minimum atomic E-state index is -0.285. The highest BCUT2D eigenvalue weighted by Gasteiger charge is 2.14. The molecule has 0 saturated heterocycles. The summed E-state index contributed by atoms with van der Waals surface area (Å²) in [6.45, 7) is 2.06. The molecule has 1 amide bonds. The Balaban J connectivity index is 1.99. The number of carbonyl (C=O) groups excluding carboxylic acids is 1. The van der Waals surface area contributed by atoms with E-state index in [1.54, 1.807) is 33.3 Å². The lowest BCUT2D eigenvalue weighted by molar-refractivity contribution is 0.0930. The van der Waals surface area contributed by atoms with Crippen molar-refractivity contribution in [3.05, 3.63) is 47.4 Å². The van der Waals surface area contributed by atoms with E-state index in [-0.39, 0.29) is 18.2 Å². The highest BCUT2D eigenvalue weighted by molar-refractivity contribution is 7.80. The first-order valence-electron chi connectivity index (χ1n) is 7.11. The topological polar surface area (TPSA) is 60.7 Å². The number of rotatable bonds is 7. The van der Waals surface area contributed by atoms with Gasteiger partial charge in [-0.25, -0.2) is 0 Å². The van der Waals surface area contributed by atoms with Gasteiger partial charge in [0.1, 0.15) is 17.3 Å². The maximum Gasteiger partial charge on any atom is 0.287 e. The third kappa shape index (κ3) is 4.32. The van der Waals surface area contributed by atoms with Crippen molar-refractivity contribution in [3.8, 4) is 11.5 Å². The summed E-state index contributed by atoms with van der Waals surface area (Å²) in [4.78, 5) is 12.6. The van der Waals surface area contributed by atoms with E-state index < -0.39 is 0 Å². The van der Waals surface area contributed by atoms with Crippen molar-refractivity contribution < 1.29 is 18.7 Å². The van der Waals surface area contributed by atoms with Crippen molar-refractivity contribution in [2.75, 3.05) is 20.8 Å². The summed E-state index contributed by atoms with van der Waals surface area (Å²) < 4.78 is 16.0. The van der Waals surface area contributed by atoms with Crippen LogP contribution in [0.5, 0.6) is 11.5 Å². The Labute approximate surface area is 140 Å². The van der Waals surface area contributed by atoms with E-state index in [1.807, 2.05) is 18.2 Å². The first-order valence-corrected chi connectivity index (χ1v) is 7.52. The zero-order valence-corrected chi connectivity index (χ0v) is 14.2. The third-order valence-corrected chi connectivity index (χ3v) is 3.60. The predicted molar refractivity (Wildman–Crippen MR) is 91.6 cm³/mol. The van der Waals surface area contributed by atoms with E-state index in [2.05, 4.69) is 5.32 Å². The molecule has 1 aromatic heterocycles. The van der Waals surface area contributed by atoms with Crippen molar-refractivity contribution in [1.29, 1.82) is 0 Å². The lowest BCUT2D eigenvalue weighted by Crippen LogP contribution is -2.29. The Morgan fingerprint density at radius 3 is 2.35 bits per heavy atom. The summed E-state index contributed by atoms with van der Waals surface area (Å²) in [7, 11) is 3.20. The van der Waals surface area contributed by atoms with Gasteiger partial charge in [0, 0.05) is 23.4 Å². The minimum absolute atomic E-state index is 0.273. The molecule has 0 unspecified atom stereocenters. The van der Waals surface area contributed by atoms with Crippen LogP contribution in [-0.4, -0.2) is 31.5 Å². The number of aryl methyl sites for hydroxylation is 1. The van der Waals surface area contributed by atoms with E-state index in [0.29, 0.717) is 28.5 Å². The van der Waals surface area contributed by atoms with E-state index >= 15 is 0 Å². The zero-order valence-electron chi connectivity index (χ0n) is 13.3. The summed E-state index contributed by atoms with van der Waals surface area (Å²) in [5, 5.41) is 2.75. The van der Waals surface area contributed by atoms with Gasteiger partial charge in [0.25, 0.3) is 5.91 Å². The van der Waals surface area contributed by atoms with Crippen LogP contribution in [0.15, 0.2) is 34.7 Å². The van der Waals surface area contributed by atoms with Crippen molar-refractivity contribution in [1.82, 2.24) is 5.32 Å². The molecular weight excluding hydrogens is 314 g/mol. The van der Waals surface area contributed by atoms with Crippen LogP contribution < -0.4 is 14.8 Å². The smallest absolute Gasteiger partial charge is 0.287 e. The third-order valence-electron chi connectivity index (χ3n) is 3.31. The molecular formula is C17H19NO4S. The highest BCUT2D eigenvalue weighted by Crippen LogP contribution is 2.28. The molecule has 2 rings (SSSR count). The number of thiocarbonyl (C=S) groups is 1. The first-order chi connectivity index (χ1) is 11.0. The Hall–Kier alpha value is -2.34. The molecule has 0 aliphatic carbocycles. The number of carbonyl (C=O) groups is 1. The SMILES string of the molecule is COc1cccc(OC)c1CC(=S)CNC(=O)c1ccc(C)o1. The Bertz CT molecular complexity index is 686. The molecule has 0 atom stereocenters. The predicted octanol–water partition coefficient (Wildman–Crippen LogP) is 2.95. The van der Waals surface area contributed by atoms with Gasteiger partial charge in [-0.05, 0) is 31.2 Å². The molecule has 122 valence electrons. The van der Waals surface area contributed by atoms with Gasteiger partial charge in [-0.2, -0.15) is 0 Å². The van der Waals surface area contributed by atoms with Crippen molar-refractivity contribution in [2.45, 2.75) is 13.3 Å². The normalized spacial score (nSPS) is 10.2. The van der Waals surface area contributed by atoms with Crippen LogP contribution in [0.3, 0.4) is 0 Å². The molecule has 2 aromatic rings. The molecule has 5 nitrogen and oxygen atoms in total. The zero-order chi connectivity index (χ0) is 16.8. The number of amides is 1. The van der Waals surface area contributed by atoms with Gasteiger partial charge >= 0.3 is 0 Å². The van der Waals surface area contributed by atoms with Crippen LogP contribution in [0.1, 0.15) is 21.9 Å². The molecule has 1 aromatic carbocycles. The number of hydrogen-bond donors (Lipinski definition) is 1. The Morgan fingerprint density at radius 1 is 1.17 bits per heavy atom. The molecule has 0 fully saturated rings. The monoisotopic (exact) mass is 333 g/mol. The van der Waals surface area contributed by atoms with Crippen LogP contribution in [0.2, 0.25) is 0 Å². The Morgan fingerprint density at radius 2 is 1.83 bits per heavy atom. The molecule has 1 N–H and O–H groups in total. The van der Waals surface area contributed by atoms with Crippen LogP contribution in [0, 0.1) is 6.92 Å². The lowest BCUT2D eigenvalue weighted by atomic mass is 10.1. The van der Waals surface area contributed by atoms with Crippen molar-refractivity contribution in [2.24, 2.45) is 0 Å². The average molecular weight is 333 g/mol. The first kappa shape index (κ1) is 17.0. The molecule has 0 saturated carbocycles. The number of ether oxygens (including phenoxy) is 2. The number of furan rings is 1. The number of hydrogen-bond acceptors (Lipinski definition) is 5. The number of benzene rings is 1. The molecule has 0 aliphatic heterocycles. The van der Waals surface area contributed by atoms with Gasteiger partial charge in [-0.1, -0.05) is 18.3 Å². The minimum Gasteiger partial charge on any atom is -0.496 e. The summed E-state index contributed by atoms with van der Waals surface area (Å²) in [6.07, 6.45) is 0.472. The van der Waals surface area contributed by atoms with Crippen LogP contribution in [-0.2, 0) is 6.42 Å². The fourth-order valence-corrected chi connectivity index (χ4v) is 2.40. The molecule has 0 spiro atoms. The summed E-state index contributed by atoms with van der Waals surface area (Å²) in [5.74, 6) is 2.10. The molecule has 23 heavy (non-hydrogen) atoms. The van der Waals surface area contributed by atoms with Crippen molar-refractivity contribution >= 4 is 23.0 Å². The van der Waals surface area contributed by atoms with Crippen molar-refractivity contribution in [3.63, 3.8) is 0 Å². The highest BCUT2D eigenvalue weighted by atomic mass is 32.1. The fourth-order valence-electron chi connectivity index (χ4n) is 2.18. The van der Waals surface area contributed by atoms with E-state index in [0.717, 1.165) is 5.56 Å². The molecule has 0 bridgehead atoms. The second-order valence-electron chi connectivity index (χ2n) is 4.95. The molecule has 0 aliphatic rings. The quantitative estimate of drug-likeness (QED) is 0.790. The van der Waals surface area contributed by atoms with E-state index in [9.17, 15) is 4.79 Å². The summed E-state index contributed by atoms with van der Waals surface area (Å²) in [6, 6.07) is 8.93. The number of nitrogens with one attached hydrogen (secondary N) is 1. The largest absolute Gasteiger partial charge is 0.496 e. The van der Waals surface area contributed by atoms with E-state index in [4.69, 9.17) is 26.1 Å². The second-order valence-corrected chi connectivity index (χ2v) is 5.53. The lowest BCUT2D eigenvalue weighted by Gasteiger charge is -2.13. The van der Waals surface area contributed by atoms with Gasteiger partial charge in [-0.15, -0.1) is 0 Å². The fraction of sp³-hybridized carbons (Fsp3) is 0.294. The molecule has 1 heterocycles. The van der Waals surface area contributed by atoms with Crippen LogP contribution in [0.4, 0.5) is 0 Å².